The minimum Gasteiger partial charge on any atom is -0.496 e. The summed E-state index contributed by atoms with van der Waals surface area (Å²) in [5.74, 6) is 0.810. The van der Waals surface area contributed by atoms with E-state index >= 15 is 0 Å². The zero-order chi connectivity index (χ0) is 23.7. The monoisotopic (exact) mass is 453 g/mol. The molecule has 3 aromatic carbocycles. The van der Waals surface area contributed by atoms with Gasteiger partial charge in [-0.25, -0.2) is 5.01 Å². The highest BCUT2D eigenvalue weighted by molar-refractivity contribution is 6.04. The third-order valence-corrected chi connectivity index (χ3v) is 6.93. The molecule has 1 amide bonds. The van der Waals surface area contributed by atoms with Crippen LogP contribution >= 0.6 is 0 Å². The van der Waals surface area contributed by atoms with Gasteiger partial charge < -0.3 is 4.74 Å². The molecule has 174 valence electrons. The van der Waals surface area contributed by atoms with E-state index in [1.165, 1.54) is 22.3 Å². The summed E-state index contributed by atoms with van der Waals surface area (Å²) in [7, 11) is 1.68. The molecular weight excluding hydrogens is 422 g/mol. The Kier molecular flexibility index (Phi) is 6.20. The molecule has 2 aliphatic heterocycles. The third kappa shape index (κ3) is 4.36. The summed E-state index contributed by atoms with van der Waals surface area (Å²) in [6, 6.07) is 22.7. The molecular formula is C29H31N3O2. The van der Waals surface area contributed by atoms with E-state index in [0.717, 1.165) is 42.1 Å². The number of hydrazone groups is 1. The van der Waals surface area contributed by atoms with Gasteiger partial charge in [0.15, 0.2) is 0 Å². The predicted octanol–water partition coefficient (Wildman–Crippen LogP) is 5.05. The summed E-state index contributed by atoms with van der Waals surface area (Å²) in [6.07, 6.45) is 1.63. The summed E-state index contributed by atoms with van der Waals surface area (Å²) in [5, 5.41) is 6.61. The number of hydrogen-bond acceptors (Lipinski definition) is 4. The van der Waals surface area contributed by atoms with Gasteiger partial charge in [0.2, 0.25) is 0 Å². The number of aryl methyl sites for hydroxylation is 2. The summed E-state index contributed by atoms with van der Waals surface area (Å²) in [6.45, 7) is 6.23. The van der Waals surface area contributed by atoms with Crippen LogP contribution in [0.1, 0.15) is 45.8 Å². The quantitative estimate of drug-likeness (QED) is 0.543. The zero-order valence-electron chi connectivity index (χ0n) is 20.1. The van der Waals surface area contributed by atoms with Gasteiger partial charge in [-0.15, -0.1) is 0 Å². The lowest BCUT2D eigenvalue weighted by molar-refractivity contribution is -0.134. The average molecular weight is 454 g/mol. The fraction of sp³-hybridized carbons (Fsp3) is 0.310. The smallest absolute Gasteiger partial charge is 0.257 e. The van der Waals surface area contributed by atoms with E-state index in [9.17, 15) is 4.79 Å². The van der Waals surface area contributed by atoms with Gasteiger partial charge in [0.1, 0.15) is 5.75 Å². The Hall–Kier alpha value is -3.44. The lowest BCUT2D eigenvalue weighted by atomic mass is 9.94. The molecule has 0 radical (unpaired) electrons. The largest absolute Gasteiger partial charge is 0.496 e. The fourth-order valence-corrected chi connectivity index (χ4v) is 5.18. The Balaban J connectivity index is 1.44. The molecule has 3 aromatic rings. The van der Waals surface area contributed by atoms with E-state index < -0.39 is 0 Å². The molecule has 0 aliphatic carbocycles. The second-order valence-corrected chi connectivity index (χ2v) is 9.29. The van der Waals surface area contributed by atoms with Crippen LogP contribution in [0.4, 0.5) is 0 Å². The van der Waals surface area contributed by atoms with Crippen LogP contribution in [0.2, 0.25) is 0 Å². The first-order valence-electron chi connectivity index (χ1n) is 11.9. The Morgan fingerprint density at radius 2 is 1.79 bits per heavy atom. The Morgan fingerprint density at radius 1 is 1.03 bits per heavy atom. The highest BCUT2D eigenvalue weighted by atomic mass is 16.5. The van der Waals surface area contributed by atoms with Crippen molar-refractivity contribution < 1.29 is 9.53 Å². The number of amides is 1. The molecule has 5 nitrogen and oxygen atoms in total. The van der Waals surface area contributed by atoms with E-state index in [1.54, 1.807) is 12.1 Å². The summed E-state index contributed by atoms with van der Waals surface area (Å²) in [4.78, 5) is 15.9. The van der Waals surface area contributed by atoms with Crippen LogP contribution in [0.5, 0.6) is 5.75 Å². The molecule has 0 aromatic heterocycles. The first-order chi connectivity index (χ1) is 16.5. The number of para-hydroxylation sites is 1. The predicted molar refractivity (Wildman–Crippen MR) is 135 cm³/mol. The molecule has 0 saturated carbocycles. The number of fused-ring (bicyclic) bond motifs is 1. The number of ether oxygens (including phenoxy) is 1. The maximum atomic E-state index is 13.7. The highest BCUT2D eigenvalue weighted by Crippen LogP contribution is 2.38. The van der Waals surface area contributed by atoms with Crippen LogP contribution < -0.4 is 4.74 Å². The van der Waals surface area contributed by atoms with E-state index in [2.05, 4.69) is 61.2 Å². The van der Waals surface area contributed by atoms with Crippen molar-refractivity contribution in [3.63, 3.8) is 0 Å². The minimum atomic E-state index is -0.184. The van der Waals surface area contributed by atoms with Gasteiger partial charge >= 0.3 is 0 Å². The lowest BCUT2D eigenvalue weighted by Gasteiger charge is -2.30. The van der Waals surface area contributed by atoms with Crippen molar-refractivity contribution in [3.05, 3.63) is 100 Å². The number of methoxy groups -OCH3 is 1. The molecule has 0 fully saturated rings. The van der Waals surface area contributed by atoms with Gasteiger partial charge in [0, 0.05) is 30.6 Å². The Labute approximate surface area is 201 Å². The third-order valence-electron chi connectivity index (χ3n) is 6.93. The Bertz CT molecular complexity index is 1250. The molecule has 5 heteroatoms. The van der Waals surface area contributed by atoms with Crippen LogP contribution in [0.3, 0.4) is 0 Å². The summed E-state index contributed by atoms with van der Waals surface area (Å²) < 4.78 is 5.66. The number of nitrogens with zero attached hydrogens (tertiary/aromatic N) is 3. The maximum absolute atomic E-state index is 13.7. The summed E-state index contributed by atoms with van der Waals surface area (Å²) >= 11 is 0. The van der Waals surface area contributed by atoms with Crippen molar-refractivity contribution in [1.82, 2.24) is 9.91 Å². The van der Waals surface area contributed by atoms with Crippen LogP contribution in [-0.2, 0) is 17.8 Å². The molecule has 2 heterocycles. The van der Waals surface area contributed by atoms with Crippen LogP contribution in [0.15, 0.2) is 71.8 Å². The highest BCUT2D eigenvalue weighted by Gasteiger charge is 2.36. The molecule has 1 atom stereocenters. The SMILES string of the molecule is COc1ccccc1[C@@H]1CC(c2ccc(C)cc2C)=NN1C(=O)CN1CCc2ccccc2C1. The minimum absolute atomic E-state index is 0.0232. The maximum Gasteiger partial charge on any atom is 0.257 e. The second kappa shape index (κ2) is 9.43. The standard InChI is InChI=1S/C29H31N3O2/c1-20-12-13-24(21(2)16-20)26-17-27(25-10-6-7-11-28(25)34-3)32(30-26)29(33)19-31-15-14-22-8-4-5-9-23(22)18-31/h4-13,16,27H,14-15,17-19H2,1-3H3/t27-/m0/s1. The number of rotatable bonds is 5. The van der Waals surface area contributed by atoms with Gasteiger partial charge in [-0.1, -0.05) is 66.2 Å². The number of hydrogen-bond donors (Lipinski definition) is 0. The van der Waals surface area contributed by atoms with Crippen molar-refractivity contribution in [2.24, 2.45) is 5.10 Å². The van der Waals surface area contributed by atoms with Gasteiger partial charge in [0.05, 0.1) is 25.4 Å². The van der Waals surface area contributed by atoms with Crippen LogP contribution in [0.25, 0.3) is 0 Å². The first-order valence-corrected chi connectivity index (χ1v) is 11.9. The molecule has 0 spiro atoms. The van der Waals surface area contributed by atoms with Crippen molar-refractivity contribution in [1.29, 1.82) is 0 Å². The lowest BCUT2D eigenvalue weighted by Crippen LogP contribution is -2.40. The van der Waals surface area contributed by atoms with E-state index in [-0.39, 0.29) is 11.9 Å². The molecule has 0 saturated heterocycles. The van der Waals surface area contributed by atoms with Crippen molar-refractivity contribution in [2.75, 3.05) is 20.2 Å². The molecule has 0 unspecified atom stereocenters. The average Bonchev–Trinajstić information content (AvgIpc) is 3.29. The van der Waals surface area contributed by atoms with Crippen molar-refractivity contribution in [2.45, 2.75) is 39.3 Å². The van der Waals surface area contributed by atoms with Crippen molar-refractivity contribution in [3.8, 4) is 5.75 Å². The van der Waals surface area contributed by atoms with Crippen LogP contribution in [-0.4, -0.2) is 41.7 Å². The Morgan fingerprint density at radius 3 is 2.59 bits per heavy atom. The second-order valence-electron chi connectivity index (χ2n) is 9.29. The van der Waals surface area contributed by atoms with Crippen LogP contribution in [0, 0.1) is 13.8 Å². The molecule has 34 heavy (non-hydrogen) atoms. The fourth-order valence-electron chi connectivity index (χ4n) is 5.18. The molecule has 0 N–H and O–H groups in total. The van der Waals surface area contributed by atoms with Gasteiger partial charge in [-0.05, 0) is 43.0 Å². The number of benzene rings is 3. The topological polar surface area (TPSA) is 45.1 Å². The molecule has 5 rings (SSSR count). The molecule has 0 bridgehead atoms. The number of carbonyl (C=O) groups is 1. The normalized spacial score (nSPS) is 17.9. The van der Waals surface area contributed by atoms with E-state index in [0.29, 0.717) is 13.0 Å². The van der Waals surface area contributed by atoms with Gasteiger partial charge in [-0.3, -0.25) is 9.69 Å². The summed E-state index contributed by atoms with van der Waals surface area (Å²) in [5.41, 5.74) is 8.14. The van der Waals surface area contributed by atoms with E-state index in [4.69, 9.17) is 9.84 Å². The number of carbonyl (C=O) groups excluding carboxylic acids is 1. The van der Waals surface area contributed by atoms with Gasteiger partial charge in [0.25, 0.3) is 5.91 Å². The zero-order valence-corrected chi connectivity index (χ0v) is 20.1. The van der Waals surface area contributed by atoms with Gasteiger partial charge in [-0.2, -0.15) is 5.10 Å². The van der Waals surface area contributed by atoms with Crippen molar-refractivity contribution >= 4 is 11.6 Å². The van der Waals surface area contributed by atoms with E-state index in [1.807, 2.05) is 24.3 Å². The molecule has 2 aliphatic rings. The first kappa shape index (κ1) is 22.4.